The first-order valence-electron chi connectivity index (χ1n) is 8.74. The van der Waals surface area contributed by atoms with Crippen LogP contribution in [0.4, 0.5) is 11.4 Å². The molecule has 1 aliphatic heterocycles. The van der Waals surface area contributed by atoms with Gasteiger partial charge in [0.15, 0.2) is 6.61 Å². The molecule has 1 heterocycles. The first kappa shape index (κ1) is 20.3. The molecule has 150 valence electrons. The van der Waals surface area contributed by atoms with Crippen molar-refractivity contribution in [2.45, 2.75) is 12.8 Å². The van der Waals surface area contributed by atoms with Crippen molar-refractivity contribution in [2.24, 2.45) is 5.10 Å². The first-order chi connectivity index (χ1) is 14.0. The highest BCUT2D eigenvalue weighted by molar-refractivity contribution is 6.38. The highest BCUT2D eigenvalue weighted by Crippen LogP contribution is 2.27. The predicted octanol–water partition coefficient (Wildman–Crippen LogP) is 3.01. The van der Waals surface area contributed by atoms with Gasteiger partial charge in [0.25, 0.3) is 5.91 Å². The molecule has 1 aliphatic rings. The number of hydrazone groups is 1. The highest BCUT2D eigenvalue weighted by Gasteiger charge is 2.26. The van der Waals surface area contributed by atoms with Crippen molar-refractivity contribution < 1.29 is 23.9 Å². The van der Waals surface area contributed by atoms with E-state index in [1.165, 1.54) is 13.2 Å². The maximum atomic E-state index is 12.3. The van der Waals surface area contributed by atoms with Crippen molar-refractivity contribution in [3.63, 3.8) is 0 Å². The third-order valence-corrected chi connectivity index (χ3v) is 4.27. The number of nitrogens with zero attached hydrogens (tertiary/aromatic N) is 2. The molecule has 8 nitrogen and oxygen atoms in total. The van der Waals surface area contributed by atoms with Gasteiger partial charge in [-0.3, -0.25) is 9.59 Å². The largest absolute Gasteiger partial charge is 0.495 e. The Labute approximate surface area is 172 Å². The fourth-order valence-corrected chi connectivity index (χ4v) is 2.82. The molecule has 29 heavy (non-hydrogen) atoms. The van der Waals surface area contributed by atoms with Crippen molar-refractivity contribution in [1.29, 1.82) is 0 Å². The average molecular weight is 416 g/mol. The monoisotopic (exact) mass is 415 g/mol. The van der Waals surface area contributed by atoms with E-state index in [4.69, 9.17) is 21.1 Å². The summed E-state index contributed by atoms with van der Waals surface area (Å²) in [7, 11) is 1.46. The summed E-state index contributed by atoms with van der Waals surface area (Å²) in [6.07, 6.45) is 0.263. The van der Waals surface area contributed by atoms with Crippen LogP contribution in [0.5, 0.6) is 5.75 Å². The van der Waals surface area contributed by atoms with Gasteiger partial charge in [-0.15, -0.1) is 0 Å². The molecule has 2 amide bonds. The minimum absolute atomic E-state index is 0.0709. The van der Waals surface area contributed by atoms with Gasteiger partial charge in [-0.2, -0.15) is 5.10 Å². The average Bonchev–Trinajstić information content (AvgIpc) is 2.73. The SMILES string of the molecule is COc1ccc(Cl)cc1NC(=O)COC(=O)C1=NN(c2ccccc2)C(=O)CC1. The number of ether oxygens (including phenoxy) is 2. The van der Waals surface area contributed by atoms with E-state index < -0.39 is 18.5 Å². The van der Waals surface area contributed by atoms with Gasteiger partial charge >= 0.3 is 5.97 Å². The van der Waals surface area contributed by atoms with Crippen molar-refractivity contribution in [3.05, 3.63) is 53.6 Å². The molecular formula is C20H18ClN3O5. The number of para-hydroxylation sites is 1. The second-order valence-corrected chi connectivity index (χ2v) is 6.49. The van der Waals surface area contributed by atoms with Crippen molar-refractivity contribution in [2.75, 3.05) is 24.0 Å². The Morgan fingerprint density at radius 1 is 1.17 bits per heavy atom. The number of carbonyl (C=O) groups excluding carboxylic acids is 3. The van der Waals surface area contributed by atoms with E-state index in [-0.39, 0.29) is 24.5 Å². The Hall–Kier alpha value is -3.39. The second-order valence-electron chi connectivity index (χ2n) is 6.06. The number of carbonyl (C=O) groups is 3. The van der Waals surface area contributed by atoms with E-state index in [0.29, 0.717) is 22.1 Å². The van der Waals surface area contributed by atoms with Gasteiger partial charge in [0.2, 0.25) is 5.91 Å². The summed E-state index contributed by atoms with van der Waals surface area (Å²) in [5, 5.41) is 8.24. The number of hydrogen-bond acceptors (Lipinski definition) is 6. The number of hydrogen-bond donors (Lipinski definition) is 1. The fourth-order valence-electron chi connectivity index (χ4n) is 2.65. The number of nitrogens with one attached hydrogen (secondary N) is 1. The van der Waals surface area contributed by atoms with E-state index in [1.807, 2.05) is 6.07 Å². The van der Waals surface area contributed by atoms with Crippen LogP contribution in [0.1, 0.15) is 12.8 Å². The standard InChI is InChI=1S/C20H18ClN3O5/c1-28-17-9-7-13(21)11-16(17)22-18(25)12-29-20(27)15-8-10-19(26)24(23-15)14-5-3-2-4-6-14/h2-7,9,11H,8,10,12H2,1H3,(H,22,25). The predicted molar refractivity (Wildman–Crippen MR) is 108 cm³/mol. The van der Waals surface area contributed by atoms with Crippen LogP contribution in [-0.4, -0.2) is 37.2 Å². The summed E-state index contributed by atoms with van der Waals surface area (Å²) in [6.45, 7) is -0.521. The Morgan fingerprint density at radius 2 is 1.93 bits per heavy atom. The number of benzene rings is 2. The van der Waals surface area contributed by atoms with Gasteiger partial charge in [-0.25, -0.2) is 9.80 Å². The van der Waals surface area contributed by atoms with Crippen LogP contribution in [-0.2, 0) is 19.1 Å². The van der Waals surface area contributed by atoms with Gasteiger partial charge < -0.3 is 14.8 Å². The molecule has 3 rings (SSSR count). The van der Waals surface area contributed by atoms with Gasteiger partial charge in [-0.05, 0) is 30.3 Å². The highest BCUT2D eigenvalue weighted by atomic mass is 35.5. The third-order valence-electron chi connectivity index (χ3n) is 4.04. The molecule has 0 aromatic heterocycles. The van der Waals surface area contributed by atoms with Crippen LogP contribution in [0, 0.1) is 0 Å². The summed E-state index contributed by atoms with van der Waals surface area (Å²) in [4.78, 5) is 36.5. The number of rotatable bonds is 6. The number of esters is 1. The lowest BCUT2D eigenvalue weighted by molar-refractivity contribution is -0.140. The van der Waals surface area contributed by atoms with Gasteiger partial charge in [0.05, 0.1) is 18.5 Å². The summed E-state index contributed by atoms with van der Waals surface area (Å²) < 4.78 is 10.2. The lowest BCUT2D eigenvalue weighted by atomic mass is 10.1. The molecule has 0 bridgehead atoms. The van der Waals surface area contributed by atoms with Crippen LogP contribution in [0.15, 0.2) is 53.6 Å². The number of methoxy groups -OCH3 is 1. The molecule has 2 aromatic rings. The van der Waals surface area contributed by atoms with Crippen LogP contribution < -0.4 is 15.1 Å². The quantitative estimate of drug-likeness (QED) is 0.731. The summed E-state index contributed by atoms with van der Waals surface area (Å²) in [6, 6.07) is 13.5. The molecule has 0 spiro atoms. The summed E-state index contributed by atoms with van der Waals surface area (Å²) in [5.74, 6) is -1.13. The second kappa shape index (κ2) is 9.20. The number of halogens is 1. The Bertz CT molecular complexity index is 962. The molecule has 0 unspecified atom stereocenters. The van der Waals surface area contributed by atoms with E-state index in [0.717, 1.165) is 5.01 Å². The van der Waals surface area contributed by atoms with E-state index in [2.05, 4.69) is 10.4 Å². The van der Waals surface area contributed by atoms with Gasteiger partial charge in [0, 0.05) is 17.9 Å². The van der Waals surface area contributed by atoms with E-state index >= 15 is 0 Å². The van der Waals surface area contributed by atoms with Crippen molar-refractivity contribution in [3.8, 4) is 5.75 Å². The molecule has 0 fully saturated rings. The smallest absolute Gasteiger partial charge is 0.355 e. The Morgan fingerprint density at radius 3 is 2.66 bits per heavy atom. The Kier molecular flexibility index (Phi) is 6.46. The van der Waals surface area contributed by atoms with Crippen LogP contribution in [0.3, 0.4) is 0 Å². The van der Waals surface area contributed by atoms with Crippen LogP contribution in [0.25, 0.3) is 0 Å². The maximum absolute atomic E-state index is 12.3. The van der Waals surface area contributed by atoms with E-state index in [1.54, 1.807) is 36.4 Å². The third kappa shape index (κ3) is 5.11. The molecule has 9 heteroatoms. The zero-order valence-corrected chi connectivity index (χ0v) is 16.3. The van der Waals surface area contributed by atoms with E-state index in [9.17, 15) is 14.4 Å². The Balaban J connectivity index is 1.62. The maximum Gasteiger partial charge on any atom is 0.355 e. The minimum atomic E-state index is -0.758. The number of anilines is 2. The number of amides is 2. The summed E-state index contributed by atoms with van der Waals surface area (Å²) in [5.41, 5.74) is 0.979. The minimum Gasteiger partial charge on any atom is -0.495 e. The molecule has 0 atom stereocenters. The topological polar surface area (TPSA) is 97.3 Å². The molecule has 0 aliphatic carbocycles. The molecule has 0 radical (unpaired) electrons. The summed E-state index contributed by atoms with van der Waals surface area (Å²) >= 11 is 5.92. The van der Waals surface area contributed by atoms with Gasteiger partial charge in [0.1, 0.15) is 11.5 Å². The zero-order valence-electron chi connectivity index (χ0n) is 15.6. The molecule has 0 saturated carbocycles. The van der Waals surface area contributed by atoms with Crippen molar-refractivity contribution in [1.82, 2.24) is 0 Å². The molecule has 2 aromatic carbocycles. The molecule has 0 saturated heterocycles. The lowest BCUT2D eigenvalue weighted by Crippen LogP contribution is -2.35. The fraction of sp³-hybridized carbons (Fsp3) is 0.200. The molecule has 1 N–H and O–H groups in total. The van der Waals surface area contributed by atoms with Crippen LogP contribution in [0.2, 0.25) is 5.02 Å². The normalized spacial score (nSPS) is 13.5. The zero-order chi connectivity index (χ0) is 20.8. The molecular weight excluding hydrogens is 398 g/mol. The first-order valence-corrected chi connectivity index (χ1v) is 9.11. The van der Waals surface area contributed by atoms with Crippen LogP contribution >= 0.6 is 11.6 Å². The van der Waals surface area contributed by atoms with Crippen molar-refractivity contribution >= 4 is 46.5 Å². The lowest BCUT2D eigenvalue weighted by Gasteiger charge is -2.22. The van der Waals surface area contributed by atoms with Gasteiger partial charge in [-0.1, -0.05) is 29.8 Å².